The number of carbonyl (C=O) groups is 4. The fourth-order valence-corrected chi connectivity index (χ4v) is 3.55. The topological polar surface area (TPSA) is 134 Å². The fraction of sp³-hybridized carbons (Fsp3) is 0.565. The third-order valence-corrected chi connectivity index (χ3v) is 5.20. The first kappa shape index (κ1) is 25.2. The van der Waals surface area contributed by atoms with Crippen LogP contribution in [0.1, 0.15) is 57.3 Å². The molecule has 3 amide bonds. The van der Waals surface area contributed by atoms with Crippen LogP contribution in [0.5, 0.6) is 5.75 Å². The van der Waals surface area contributed by atoms with Crippen LogP contribution in [0.4, 0.5) is 0 Å². The number of carboxylic acid groups (broad SMARTS) is 1. The summed E-state index contributed by atoms with van der Waals surface area (Å²) >= 11 is 0. The van der Waals surface area contributed by atoms with Gasteiger partial charge in [-0.15, -0.1) is 0 Å². The van der Waals surface area contributed by atoms with Gasteiger partial charge in [0, 0.05) is 6.42 Å². The highest BCUT2D eigenvalue weighted by Crippen LogP contribution is 2.20. The lowest BCUT2D eigenvalue weighted by molar-refractivity contribution is -0.139. The number of hydrogen-bond donors (Lipinski definition) is 4. The van der Waals surface area contributed by atoms with Crippen molar-refractivity contribution in [3.63, 3.8) is 0 Å². The summed E-state index contributed by atoms with van der Waals surface area (Å²) in [4.78, 5) is 49.8. The van der Waals surface area contributed by atoms with Crippen LogP contribution >= 0.6 is 0 Å². The van der Waals surface area contributed by atoms with Crippen molar-refractivity contribution < 1.29 is 29.0 Å². The summed E-state index contributed by atoms with van der Waals surface area (Å²) in [5.74, 6) is -2.24. The minimum absolute atomic E-state index is 0.113. The average Bonchev–Trinajstić information content (AvgIpc) is 2.71. The maximum absolute atomic E-state index is 13.0. The average molecular weight is 448 g/mol. The molecule has 0 bridgehead atoms. The Morgan fingerprint density at radius 2 is 1.78 bits per heavy atom. The molecule has 2 rings (SSSR count). The van der Waals surface area contributed by atoms with Gasteiger partial charge in [-0.3, -0.25) is 14.4 Å². The van der Waals surface area contributed by atoms with Gasteiger partial charge in [-0.1, -0.05) is 39.8 Å². The van der Waals surface area contributed by atoms with Crippen LogP contribution in [0.3, 0.4) is 0 Å². The van der Waals surface area contributed by atoms with E-state index in [1.165, 1.54) is 0 Å². The van der Waals surface area contributed by atoms with Crippen molar-refractivity contribution in [1.82, 2.24) is 16.0 Å². The Morgan fingerprint density at radius 1 is 1.09 bits per heavy atom. The predicted octanol–water partition coefficient (Wildman–Crippen LogP) is 1.71. The van der Waals surface area contributed by atoms with Crippen molar-refractivity contribution >= 4 is 23.7 Å². The van der Waals surface area contributed by atoms with E-state index in [4.69, 9.17) is 4.74 Å². The second-order valence-electron chi connectivity index (χ2n) is 8.83. The van der Waals surface area contributed by atoms with Crippen molar-refractivity contribution in [3.8, 4) is 5.75 Å². The zero-order chi connectivity index (χ0) is 23.8. The smallest absolute Gasteiger partial charge is 0.326 e. The number of nitrogens with one attached hydrogen (secondary N) is 3. The van der Waals surface area contributed by atoms with E-state index in [1.54, 1.807) is 24.3 Å². The number of carbonyl (C=O) groups excluding carboxylic acids is 3. The molecular formula is C23H33N3O6. The van der Waals surface area contributed by atoms with Gasteiger partial charge in [0.05, 0.1) is 11.6 Å². The standard InChI is InChI=1S/C23H33N3O6/c1-13(2)11-15-12-32-18-8-6-5-7-16(18)21(28)25-17(23(30)31)9-10-19(27)26-20(14(3)4)22(29)24-15/h5-8,13-15,17,20H,9-12H2,1-4H3,(H,24,29)(H,25,28)(H,26,27)(H,30,31)/t15-,17+,20-/m1/s1. The molecule has 0 saturated carbocycles. The van der Waals surface area contributed by atoms with Crippen LogP contribution in [0.15, 0.2) is 24.3 Å². The molecule has 1 aromatic rings. The van der Waals surface area contributed by atoms with Gasteiger partial charge < -0.3 is 25.8 Å². The first-order valence-corrected chi connectivity index (χ1v) is 10.9. The molecule has 1 aliphatic rings. The van der Waals surface area contributed by atoms with E-state index in [1.807, 2.05) is 27.7 Å². The van der Waals surface area contributed by atoms with E-state index in [-0.39, 0.29) is 48.8 Å². The largest absolute Gasteiger partial charge is 0.491 e. The number of para-hydroxylation sites is 1. The fourth-order valence-electron chi connectivity index (χ4n) is 3.55. The zero-order valence-corrected chi connectivity index (χ0v) is 19.0. The maximum atomic E-state index is 13.0. The van der Waals surface area contributed by atoms with Gasteiger partial charge in [0.1, 0.15) is 24.4 Å². The molecular weight excluding hydrogens is 414 g/mol. The van der Waals surface area contributed by atoms with E-state index in [2.05, 4.69) is 16.0 Å². The summed E-state index contributed by atoms with van der Waals surface area (Å²) < 4.78 is 5.90. The number of amides is 3. The minimum atomic E-state index is -1.26. The van der Waals surface area contributed by atoms with E-state index in [0.717, 1.165) is 0 Å². The second-order valence-corrected chi connectivity index (χ2v) is 8.83. The molecule has 9 nitrogen and oxygen atoms in total. The number of fused-ring (bicyclic) bond motifs is 1. The highest BCUT2D eigenvalue weighted by Gasteiger charge is 2.29. The zero-order valence-electron chi connectivity index (χ0n) is 19.0. The lowest BCUT2D eigenvalue weighted by atomic mass is 10.0. The highest BCUT2D eigenvalue weighted by atomic mass is 16.5. The molecule has 0 aliphatic carbocycles. The lowest BCUT2D eigenvalue weighted by Crippen LogP contribution is -2.53. The quantitative estimate of drug-likeness (QED) is 0.555. The Labute approximate surface area is 188 Å². The van der Waals surface area contributed by atoms with Crippen LogP contribution < -0.4 is 20.7 Å². The molecule has 1 aliphatic heterocycles. The minimum Gasteiger partial charge on any atom is -0.491 e. The van der Waals surface area contributed by atoms with E-state index < -0.39 is 29.9 Å². The maximum Gasteiger partial charge on any atom is 0.326 e. The Kier molecular flexibility index (Phi) is 9.04. The summed E-state index contributed by atoms with van der Waals surface area (Å²) in [6.45, 7) is 7.81. The molecule has 32 heavy (non-hydrogen) atoms. The Hall–Kier alpha value is -3.10. The molecule has 0 unspecified atom stereocenters. The van der Waals surface area contributed by atoms with Crippen molar-refractivity contribution in [1.29, 1.82) is 0 Å². The summed E-state index contributed by atoms with van der Waals surface area (Å²) in [5, 5.41) is 17.6. The van der Waals surface area contributed by atoms with Gasteiger partial charge in [0.25, 0.3) is 5.91 Å². The van der Waals surface area contributed by atoms with Crippen molar-refractivity contribution in [2.24, 2.45) is 11.8 Å². The summed E-state index contributed by atoms with van der Waals surface area (Å²) in [7, 11) is 0. The number of hydrogen-bond acceptors (Lipinski definition) is 5. The van der Waals surface area contributed by atoms with Gasteiger partial charge in [0.2, 0.25) is 11.8 Å². The molecule has 9 heteroatoms. The summed E-state index contributed by atoms with van der Waals surface area (Å²) in [5.41, 5.74) is 0.188. The number of carboxylic acids is 1. The number of benzene rings is 1. The van der Waals surface area contributed by atoms with Crippen LogP contribution in [0.25, 0.3) is 0 Å². The summed E-state index contributed by atoms with van der Waals surface area (Å²) in [6.07, 6.45) is 0.375. The third kappa shape index (κ3) is 7.25. The monoisotopic (exact) mass is 447 g/mol. The molecule has 3 atom stereocenters. The first-order valence-electron chi connectivity index (χ1n) is 10.9. The normalized spacial score (nSPS) is 23.2. The molecule has 0 spiro atoms. The molecule has 0 aromatic heterocycles. The van der Waals surface area contributed by atoms with Crippen LogP contribution in [0, 0.1) is 11.8 Å². The third-order valence-electron chi connectivity index (χ3n) is 5.20. The van der Waals surface area contributed by atoms with Crippen LogP contribution in [-0.2, 0) is 14.4 Å². The molecule has 1 aromatic carbocycles. The SMILES string of the molecule is CC(C)C[C@@H]1COc2ccccc2C(=O)N[C@H](C(=O)O)CCC(=O)N[C@H](C(C)C)C(=O)N1. The molecule has 0 fully saturated rings. The van der Waals surface area contributed by atoms with E-state index in [9.17, 15) is 24.3 Å². The first-order chi connectivity index (χ1) is 15.1. The lowest BCUT2D eigenvalue weighted by Gasteiger charge is -2.26. The second kappa shape index (κ2) is 11.5. The number of rotatable bonds is 4. The summed E-state index contributed by atoms with van der Waals surface area (Å²) in [6, 6.07) is 4.16. The molecule has 4 N–H and O–H groups in total. The Morgan fingerprint density at radius 3 is 2.41 bits per heavy atom. The van der Waals surface area contributed by atoms with Gasteiger partial charge >= 0.3 is 5.97 Å². The Bertz CT molecular complexity index is 839. The predicted molar refractivity (Wildman–Crippen MR) is 118 cm³/mol. The van der Waals surface area contributed by atoms with E-state index >= 15 is 0 Å². The van der Waals surface area contributed by atoms with Crippen LogP contribution in [0.2, 0.25) is 0 Å². The van der Waals surface area contributed by atoms with Gasteiger partial charge in [0.15, 0.2) is 0 Å². The van der Waals surface area contributed by atoms with Gasteiger partial charge in [-0.25, -0.2) is 4.79 Å². The van der Waals surface area contributed by atoms with E-state index in [0.29, 0.717) is 12.2 Å². The van der Waals surface area contributed by atoms with Crippen molar-refractivity contribution in [3.05, 3.63) is 29.8 Å². The number of ether oxygens (including phenoxy) is 1. The highest BCUT2D eigenvalue weighted by molar-refractivity contribution is 5.99. The molecule has 0 radical (unpaired) electrons. The van der Waals surface area contributed by atoms with Crippen molar-refractivity contribution in [2.75, 3.05) is 6.61 Å². The molecule has 176 valence electrons. The van der Waals surface area contributed by atoms with Gasteiger partial charge in [-0.05, 0) is 36.8 Å². The number of aliphatic carboxylic acids is 1. The molecule has 1 heterocycles. The van der Waals surface area contributed by atoms with Crippen molar-refractivity contribution in [2.45, 2.75) is 65.1 Å². The molecule has 0 saturated heterocycles. The van der Waals surface area contributed by atoms with Crippen LogP contribution in [-0.4, -0.2) is 53.5 Å². The Balaban J connectivity index is 2.39. The van der Waals surface area contributed by atoms with Gasteiger partial charge in [-0.2, -0.15) is 0 Å².